The molecule has 0 radical (unpaired) electrons. The third-order valence-electron chi connectivity index (χ3n) is 4.74. The number of hydrogen-bond donors (Lipinski definition) is 1. The van der Waals surface area contributed by atoms with Crippen molar-refractivity contribution in [2.45, 2.75) is 26.8 Å². The molecule has 1 unspecified atom stereocenters. The largest absolute Gasteiger partial charge is 0.465 e. The lowest BCUT2D eigenvalue weighted by molar-refractivity contribution is 0.0602. The molecule has 0 amide bonds. The van der Waals surface area contributed by atoms with Crippen LogP contribution < -0.4 is 5.32 Å². The lowest BCUT2D eigenvalue weighted by atomic mass is 10.0. The number of halogens is 2. The van der Waals surface area contributed by atoms with Gasteiger partial charge < -0.3 is 10.1 Å². The van der Waals surface area contributed by atoms with Crippen LogP contribution in [0.5, 0.6) is 0 Å². The Morgan fingerprint density at radius 3 is 2.62 bits per heavy atom. The molecule has 150 valence electrons. The summed E-state index contributed by atoms with van der Waals surface area (Å²) in [7, 11) is 1.29. The van der Waals surface area contributed by atoms with Crippen LogP contribution in [0.4, 0.5) is 5.82 Å². The van der Waals surface area contributed by atoms with Crippen LogP contribution in [0, 0.1) is 17.2 Å². The number of methoxy groups -OCH3 is 1. The molecule has 3 rings (SSSR count). The van der Waals surface area contributed by atoms with E-state index >= 15 is 0 Å². The minimum atomic E-state index is -0.560. The lowest BCUT2D eigenvalue weighted by Gasteiger charge is -2.22. The Bertz CT molecular complexity index is 1130. The highest BCUT2D eigenvalue weighted by molar-refractivity contribution is 6.36. The van der Waals surface area contributed by atoms with Crippen LogP contribution in [0.1, 0.15) is 36.7 Å². The van der Waals surface area contributed by atoms with Crippen molar-refractivity contribution >= 4 is 40.6 Å². The summed E-state index contributed by atoms with van der Waals surface area (Å²) in [6, 6.07) is 7.04. The Morgan fingerprint density at radius 1 is 1.31 bits per heavy atom. The standard InChI is InChI=1S/C20H19Cl2N5O2/c1-10(2)11(3)25-19-16(13-6-5-12(8-23)7-15(13)21)17(22)26-18-14(20(28)29-4)9-24-27(18)19/h5-7,9-11,25H,1-4H3. The van der Waals surface area contributed by atoms with Crippen molar-refractivity contribution in [1.29, 1.82) is 5.26 Å². The minimum Gasteiger partial charge on any atom is -0.465 e. The van der Waals surface area contributed by atoms with Crippen molar-refractivity contribution in [2.24, 2.45) is 5.92 Å². The number of anilines is 1. The normalized spacial score (nSPS) is 12.1. The topological polar surface area (TPSA) is 92.3 Å². The van der Waals surface area contributed by atoms with E-state index in [2.05, 4.69) is 35.3 Å². The van der Waals surface area contributed by atoms with E-state index in [0.717, 1.165) is 0 Å². The smallest absolute Gasteiger partial charge is 0.343 e. The summed E-state index contributed by atoms with van der Waals surface area (Å²) in [5.41, 5.74) is 2.03. The molecule has 0 aliphatic heterocycles. The van der Waals surface area contributed by atoms with Gasteiger partial charge in [-0.15, -0.1) is 0 Å². The Hall–Kier alpha value is -2.82. The van der Waals surface area contributed by atoms with Crippen molar-refractivity contribution in [3.8, 4) is 17.2 Å². The molecule has 1 aromatic carbocycles. The summed E-state index contributed by atoms with van der Waals surface area (Å²) >= 11 is 13.0. The number of fused-ring (bicyclic) bond motifs is 1. The second kappa shape index (κ2) is 8.27. The third-order valence-corrected chi connectivity index (χ3v) is 5.33. The molecule has 9 heteroatoms. The van der Waals surface area contributed by atoms with Gasteiger partial charge in [-0.25, -0.2) is 9.78 Å². The molecule has 7 nitrogen and oxygen atoms in total. The first-order chi connectivity index (χ1) is 13.8. The molecule has 2 aromatic heterocycles. The van der Waals surface area contributed by atoms with Crippen LogP contribution in [-0.4, -0.2) is 33.7 Å². The SMILES string of the molecule is COC(=O)c1cnn2c(NC(C)C(C)C)c(-c3ccc(C#N)cc3Cl)c(Cl)nc12. The monoisotopic (exact) mass is 431 g/mol. The van der Waals surface area contributed by atoms with E-state index in [4.69, 9.17) is 33.2 Å². The Morgan fingerprint density at radius 2 is 2.03 bits per heavy atom. The molecule has 0 spiro atoms. The third kappa shape index (κ3) is 3.86. The number of benzene rings is 1. The Balaban J connectivity index is 2.33. The maximum absolute atomic E-state index is 12.1. The fraction of sp³-hybridized carbons (Fsp3) is 0.300. The predicted molar refractivity (Wildman–Crippen MR) is 112 cm³/mol. The van der Waals surface area contributed by atoms with Crippen LogP contribution >= 0.6 is 23.2 Å². The first-order valence-electron chi connectivity index (χ1n) is 8.90. The lowest BCUT2D eigenvalue weighted by Crippen LogP contribution is -2.24. The number of ether oxygens (including phenoxy) is 1. The van der Waals surface area contributed by atoms with Crippen LogP contribution in [0.15, 0.2) is 24.4 Å². The van der Waals surface area contributed by atoms with Crippen LogP contribution in [-0.2, 0) is 4.74 Å². The highest BCUT2D eigenvalue weighted by Gasteiger charge is 2.24. The summed E-state index contributed by atoms with van der Waals surface area (Å²) in [5, 5.41) is 17.4. The number of nitrogens with one attached hydrogen (secondary N) is 1. The minimum absolute atomic E-state index is 0.0540. The Labute approximate surface area is 178 Å². The number of hydrogen-bond acceptors (Lipinski definition) is 6. The summed E-state index contributed by atoms with van der Waals surface area (Å²) in [6.45, 7) is 6.18. The highest BCUT2D eigenvalue weighted by Crippen LogP contribution is 2.39. The first kappa shape index (κ1) is 20.9. The number of carbonyl (C=O) groups is 1. The van der Waals surface area contributed by atoms with Crippen molar-refractivity contribution < 1.29 is 9.53 Å². The summed E-state index contributed by atoms with van der Waals surface area (Å²) in [5.74, 6) is 0.287. The van der Waals surface area contributed by atoms with Gasteiger partial charge in [-0.2, -0.15) is 14.9 Å². The van der Waals surface area contributed by atoms with Crippen LogP contribution in [0.2, 0.25) is 10.2 Å². The molecular formula is C20H19Cl2N5O2. The van der Waals surface area contributed by atoms with E-state index in [-0.39, 0.29) is 22.4 Å². The molecule has 1 N–H and O–H groups in total. The quantitative estimate of drug-likeness (QED) is 0.459. The molecule has 1 atom stereocenters. The molecule has 0 fully saturated rings. The van der Waals surface area contributed by atoms with E-state index in [1.165, 1.54) is 17.8 Å². The zero-order valence-corrected chi connectivity index (χ0v) is 17.8. The van der Waals surface area contributed by atoms with E-state index in [9.17, 15) is 4.79 Å². The zero-order chi connectivity index (χ0) is 21.3. The number of carbonyl (C=O) groups excluding carboxylic acids is 1. The molecule has 0 aliphatic rings. The van der Waals surface area contributed by atoms with Crippen LogP contribution in [0.25, 0.3) is 16.8 Å². The maximum atomic E-state index is 12.1. The molecule has 0 bridgehead atoms. The van der Waals surface area contributed by atoms with Gasteiger partial charge in [0.2, 0.25) is 0 Å². The van der Waals surface area contributed by atoms with E-state index < -0.39 is 5.97 Å². The van der Waals surface area contributed by atoms with Gasteiger partial charge in [-0.1, -0.05) is 43.1 Å². The van der Waals surface area contributed by atoms with Gasteiger partial charge in [0, 0.05) is 16.6 Å². The second-order valence-corrected chi connectivity index (χ2v) is 7.66. The average molecular weight is 432 g/mol. The van der Waals surface area contributed by atoms with Gasteiger partial charge in [-0.3, -0.25) is 0 Å². The van der Waals surface area contributed by atoms with Gasteiger partial charge >= 0.3 is 5.97 Å². The predicted octanol–water partition coefficient (Wildman–Crippen LogP) is 4.82. The molecule has 29 heavy (non-hydrogen) atoms. The van der Waals surface area contributed by atoms with Gasteiger partial charge in [0.1, 0.15) is 16.5 Å². The van der Waals surface area contributed by atoms with E-state index in [0.29, 0.717) is 33.4 Å². The fourth-order valence-corrected chi connectivity index (χ4v) is 3.31. The molecular weight excluding hydrogens is 413 g/mol. The van der Waals surface area contributed by atoms with Crippen LogP contribution in [0.3, 0.4) is 0 Å². The van der Waals surface area contributed by atoms with Gasteiger partial charge in [0.25, 0.3) is 0 Å². The van der Waals surface area contributed by atoms with Gasteiger partial charge in [0.05, 0.1) is 30.5 Å². The number of aromatic nitrogens is 3. The number of nitrogens with zero attached hydrogens (tertiary/aromatic N) is 4. The molecule has 3 aromatic rings. The zero-order valence-electron chi connectivity index (χ0n) is 16.3. The van der Waals surface area contributed by atoms with Gasteiger partial charge in [-0.05, 0) is 25.0 Å². The van der Waals surface area contributed by atoms with E-state index in [1.807, 2.05) is 6.92 Å². The summed E-state index contributed by atoms with van der Waals surface area (Å²) < 4.78 is 6.33. The first-order valence-corrected chi connectivity index (χ1v) is 9.66. The Kier molecular flexibility index (Phi) is 5.96. The summed E-state index contributed by atoms with van der Waals surface area (Å²) in [6.07, 6.45) is 1.39. The van der Waals surface area contributed by atoms with E-state index in [1.54, 1.807) is 18.2 Å². The average Bonchev–Trinajstić information content (AvgIpc) is 3.11. The fourth-order valence-electron chi connectivity index (χ4n) is 2.76. The molecule has 2 heterocycles. The van der Waals surface area contributed by atoms with Crippen molar-refractivity contribution in [3.63, 3.8) is 0 Å². The van der Waals surface area contributed by atoms with Crippen molar-refractivity contribution in [2.75, 3.05) is 12.4 Å². The molecule has 0 aliphatic carbocycles. The summed E-state index contributed by atoms with van der Waals surface area (Å²) in [4.78, 5) is 16.5. The maximum Gasteiger partial charge on any atom is 0.343 e. The second-order valence-electron chi connectivity index (χ2n) is 6.89. The number of nitriles is 1. The number of rotatable bonds is 5. The number of esters is 1. The highest BCUT2D eigenvalue weighted by atomic mass is 35.5. The molecule has 0 saturated heterocycles. The van der Waals surface area contributed by atoms with Crippen molar-refractivity contribution in [1.82, 2.24) is 14.6 Å². The molecule has 0 saturated carbocycles. The van der Waals surface area contributed by atoms with Crippen molar-refractivity contribution in [3.05, 3.63) is 45.7 Å². The van der Waals surface area contributed by atoms with Gasteiger partial charge in [0.15, 0.2) is 5.65 Å².